The summed E-state index contributed by atoms with van der Waals surface area (Å²) in [6, 6.07) is 6.34. The van der Waals surface area contributed by atoms with Gasteiger partial charge in [0.1, 0.15) is 5.82 Å². The topological polar surface area (TPSA) is 81.0 Å². The first-order valence-electron chi connectivity index (χ1n) is 6.60. The quantitative estimate of drug-likeness (QED) is 0.486. The van der Waals surface area contributed by atoms with E-state index in [1.807, 2.05) is 7.05 Å². The van der Waals surface area contributed by atoms with Gasteiger partial charge in [0, 0.05) is 30.7 Å². The highest BCUT2D eigenvalue weighted by Crippen LogP contribution is 2.42. The van der Waals surface area contributed by atoms with E-state index in [1.54, 1.807) is 12.1 Å². The lowest BCUT2D eigenvalue weighted by atomic mass is 10.2. The SMILES string of the molecule is CNc1nc(-c2ccc([N+](=O)[O-])cc2)nc(C2CC2)c1I. The van der Waals surface area contributed by atoms with E-state index >= 15 is 0 Å². The van der Waals surface area contributed by atoms with Crippen LogP contribution in [0.2, 0.25) is 0 Å². The number of aromatic nitrogens is 2. The molecule has 0 radical (unpaired) electrons. The first kappa shape index (κ1) is 14.2. The number of benzene rings is 1. The Kier molecular flexibility index (Phi) is 3.75. The Morgan fingerprint density at radius 2 is 1.95 bits per heavy atom. The number of rotatable bonds is 4. The zero-order valence-corrected chi connectivity index (χ0v) is 13.5. The molecular weight excluding hydrogens is 383 g/mol. The molecule has 1 fully saturated rings. The molecular formula is C14H13IN4O2. The standard InChI is InChI=1S/C14H13IN4O2/c1-16-14-11(15)12(8-2-3-8)17-13(18-14)9-4-6-10(7-5-9)19(20)21/h4-8H,2-3H2,1H3,(H,16,17,18). The number of halogens is 1. The summed E-state index contributed by atoms with van der Waals surface area (Å²) in [5, 5.41) is 13.8. The van der Waals surface area contributed by atoms with Crippen molar-refractivity contribution in [2.24, 2.45) is 0 Å². The Balaban J connectivity index is 2.05. The van der Waals surface area contributed by atoms with Crippen molar-refractivity contribution >= 4 is 34.1 Å². The second-order valence-electron chi connectivity index (χ2n) is 4.92. The molecule has 3 rings (SSSR count). The summed E-state index contributed by atoms with van der Waals surface area (Å²) in [6.07, 6.45) is 2.33. The van der Waals surface area contributed by atoms with Crippen molar-refractivity contribution in [1.82, 2.24) is 9.97 Å². The fourth-order valence-corrected chi connectivity index (χ4v) is 3.07. The highest BCUT2D eigenvalue weighted by atomic mass is 127. The van der Waals surface area contributed by atoms with Gasteiger partial charge in [-0.05, 0) is 47.6 Å². The Morgan fingerprint density at radius 1 is 1.29 bits per heavy atom. The molecule has 0 saturated heterocycles. The van der Waals surface area contributed by atoms with Gasteiger partial charge in [-0.15, -0.1) is 0 Å². The van der Waals surface area contributed by atoms with Gasteiger partial charge in [0.25, 0.3) is 5.69 Å². The Hall–Kier alpha value is -1.77. The Labute approximate surface area is 135 Å². The maximum Gasteiger partial charge on any atom is 0.269 e. The number of hydrogen-bond acceptors (Lipinski definition) is 5. The summed E-state index contributed by atoms with van der Waals surface area (Å²) in [5.41, 5.74) is 1.93. The Morgan fingerprint density at radius 3 is 2.48 bits per heavy atom. The van der Waals surface area contributed by atoms with Crippen LogP contribution in [-0.4, -0.2) is 21.9 Å². The fraction of sp³-hybridized carbons (Fsp3) is 0.286. The van der Waals surface area contributed by atoms with Crippen LogP contribution in [-0.2, 0) is 0 Å². The fourth-order valence-electron chi connectivity index (χ4n) is 2.12. The van der Waals surface area contributed by atoms with Crippen molar-refractivity contribution in [2.75, 3.05) is 12.4 Å². The molecule has 0 unspecified atom stereocenters. The largest absolute Gasteiger partial charge is 0.372 e. The number of nitro benzene ring substituents is 1. The van der Waals surface area contributed by atoms with Crippen molar-refractivity contribution < 1.29 is 4.92 Å². The molecule has 0 amide bonds. The summed E-state index contributed by atoms with van der Waals surface area (Å²) in [7, 11) is 1.83. The number of anilines is 1. The monoisotopic (exact) mass is 396 g/mol. The van der Waals surface area contributed by atoms with Gasteiger partial charge in [-0.25, -0.2) is 9.97 Å². The van der Waals surface area contributed by atoms with Gasteiger partial charge in [0.15, 0.2) is 5.82 Å². The lowest BCUT2D eigenvalue weighted by Gasteiger charge is -2.10. The second-order valence-corrected chi connectivity index (χ2v) is 6.00. The van der Waals surface area contributed by atoms with Crippen LogP contribution >= 0.6 is 22.6 Å². The lowest BCUT2D eigenvalue weighted by molar-refractivity contribution is -0.384. The van der Waals surface area contributed by atoms with E-state index < -0.39 is 4.92 Å². The van der Waals surface area contributed by atoms with E-state index in [2.05, 4.69) is 37.9 Å². The molecule has 2 aromatic rings. The van der Waals surface area contributed by atoms with Crippen LogP contribution in [0.5, 0.6) is 0 Å². The molecule has 21 heavy (non-hydrogen) atoms. The van der Waals surface area contributed by atoms with Crippen LogP contribution in [0, 0.1) is 13.7 Å². The molecule has 0 atom stereocenters. The molecule has 1 heterocycles. The number of non-ortho nitro benzene ring substituents is 1. The summed E-state index contributed by atoms with van der Waals surface area (Å²) >= 11 is 2.27. The van der Waals surface area contributed by atoms with E-state index in [4.69, 9.17) is 0 Å². The van der Waals surface area contributed by atoms with Crippen molar-refractivity contribution in [2.45, 2.75) is 18.8 Å². The highest BCUT2D eigenvalue weighted by Gasteiger charge is 2.29. The van der Waals surface area contributed by atoms with Crippen molar-refractivity contribution in [3.05, 3.63) is 43.6 Å². The van der Waals surface area contributed by atoms with Gasteiger partial charge in [0.2, 0.25) is 0 Å². The van der Waals surface area contributed by atoms with Crippen molar-refractivity contribution in [3.63, 3.8) is 0 Å². The molecule has 6 nitrogen and oxygen atoms in total. The average Bonchev–Trinajstić information content (AvgIpc) is 3.32. The number of hydrogen-bond donors (Lipinski definition) is 1. The molecule has 1 N–H and O–H groups in total. The van der Waals surface area contributed by atoms with Gasteiger partial charge < -0.3 is 5.32 Å². The second kappa shape index (κ2) is 5.55. The third kappa shape index (κ3) is 2.82. The highest BCUT2D eigenvalue weighted by molar-refractivity contribution is 14.1. The van der Waals surface area contributed by atoms with E-state index in [9.17, 15) is 10.1 Å². The van der Waals surface area contributed by atoms with Gasteiger partial charge in [-0.1, -0.05) is 0 Å². The zero-order chi connectivity index (χ0) is 15.0. The van der Waals surface area contributed by atoms with E-state index in [-0.39, 0.29) is 5.69 Å². The van der Waals surface area contributed by atoms with Crippen LogP contribution in [0.15, 0.2) is 24.3 Å². The number of nitrogens with one attached hydrogen (secondary N) is 1. The van der Waals surface area contributed by atoms with E-state index in [0.29, 0.717) is 11.7 Å². The molecule has 1 saturated carbocycles. The molecule has 0 aliphatic heterocycles. The predicted molar refractivity (Wildman–Crippen MR) is 88.4 cm³/mol. The minimum atomic E-state index is -0.410. The molecule has 1 aromatic carbocycles. The predicted octanol–water partition coefficient (Wildman–Crippen LogP) is 3.58. The number of nitro groups is 1. The maximum absolute atomic E-state index is 10.7. The molecule has 0 spiro atoms. The van der Waals surface area contributed by atoms with Gasteiger partial charge in [-0.3, -0.25) is 10.1 Å². The molecule has 108 valence electrons. The number of nitrogens with zero attached hydrogens (tertiary/aromatic N) is 3. The first-order chi connectivity index (χ1) is 10.1. The summed E-state index contributed by atoms with van der Waals surface area (Å²) in [5.74, 6) is 1.93. The Bertz CT molecular complexity index is 699. The minimum Gasteiger partial charge on any atom is -0.372 e. The maximum atomic E-state index is 10.7. The summed E-state index contributed by atoms with van der Waals surface area (Å²) in [6.45, 7) is 0. The molecule has 1 aromatic heterocycles. The average molecular weight is 396 g/mol. The smallest absolute Gasteiger partial charge is 0.269 e. The third-order valence-corrected chi connectivity index (χ3v) is 4.48. The van der Waals surface area contributed by atoms with Crippen LogP contribution in [0.3, 0.4) is 0 Å². The van der Waals surface area contributed by atoms with Crippen LogP contribution in [0.25, 0.3) is 11.4 Å². The normalized spacial score (nSPS) is 14.0. The van der Waals surface area contributed by atoms with Gasteiger partial charge in [-0.2, -0.15) is 0 Å². The van der Waals surface area contributed by atoms with E-state index in [1.165, 1.54) is 12.1 Å². The van der Waals surface area contributed by atoms with Crippen LogP contribution < -0.4 is 5.32 Å². The molecule has 1 aliphatic rings. The molecule has 0 bridgehead atoms. The van der Waals surface area contributed by atoms with Crippen LogP contribution in [0.4, 0.5) is 11.5 Å². The van der Waals surface area contributed by atoms with Gasteiger partial charge >= 0.3 is 0 Å². The van der Waals surface area contributed by atoms with Crippen LogP contribution in [0.1, 0.15) is 24.5 Å². The van der Waals surface area contributed by atoms with Crippen molar-refractivity contribution in [3.8, 4) is 11.4 Å². The van der Waals surface area contributed by atoms with E-state index in [0.717, 1.165) is 33.5 Å². The lowest BCUT2D eigenvalue weighted by Crippen LogP contribution is -2.04. The summed E-state index contributed by atoms with van der Waals surface area (Å²) < 4.78 is 1.06. The minimum absolute atomic E-state index is 0.0699. The molecule has 7 heteroatoms. The van der Waals surface area contributed by atoms with Crippen molar-refractivity contribution in [1.29, 1.82) is 0 Å². The summed E-state index contributed by atoms with van der Waals surface area (Å²) in [4.78, 5) is 19.5. The molecule has 1 aliphatic carbocycles. The zero-order valence-electron chi connectivity index (χ0n) is 11.3. The first-order valence-corrected chi connectivity index (χ1v) is 7.68. The van der Waals surface area contributed by atoms with Gasteiger partial charge in [0.05, 0.1) is 14.2 Å². The third-order valence-electron chi connectivity index (χ3n) is 3.41.